The van der Waals surface area contributed by atoms with E-state index < -0.39 is 10.1 Å². The van der Waals surface area contributed by atoms with Gasteiger partial charge in [0.25, 0.3) is 0 Å². The fourth-order valence-electron chi connectivity index (χ4n) is 1.81. The summed E-state index contributed by atoms with van der Waals surface area (Å²) >= 11 is 0. The van der Waals surface area contributed by atoms with Crippen molar-refractivity contribution in [3.05, 3.63) is 0 Å². The molecular formula is C17H41NO3S. The second-order valence-corrected chi connectivity index (χ2v) is 9.23. The molecule has 0 saturated heterocycles. The van der Waals surface area contributed by atoms with Crippen molar-refractivity contribution < 1.29 is 17.5 Å². The molecule has 0 atom stereocenters. The third-order valence-electron chi connectivity index (χ3n) is 3.04. The van der Waals surface area contributed by atoms with Crippen LogP contribution < -0.4 is 0 Å². The van der Waals surface area contributed by atoms with Crippen molar-refractivity contribution in [1.82, 2.24) is 0 Å². The second kappa shape index (κ2) is 13.3. The van der Waals surface area contributed by atoms with Crippen LogP contribution in [0.25, 0.3) is 0 Å². The lowest BCUT2D eigenvalue weighted by molar-refractivity contribution is -0.870. The fraction of sp³-hybridized carbons (Fsp3) is 1.00. The predicted octanol–water partition coefficient (Wildman–Crippen LogP) is 4.12. The Morgan fingerprint density at radius 3 is 1.59 bits per heavy atom. The molecule has 5 heteroatoms. The highest BCUT2D eigenvalue weighted by atomic mass is 32.2. The van der Waals surface area contributed by atoms with Gasteiger partial charge < -0.3 is 9.04 Å². The van der Waals surface area contributed by atoms with Crippen LogP contribution >= 0.6 is 0 Å². The molecule has 0 heterocycles. The Morgan fingerprint density at radius 1 is 0.864 bits per heavy atom. The zero-order valence-electron chi connectivity index (χ0n) is 15.2. The molecule has 0 aromatic carbocycles. The highest BCUT2D eigenvalue weighted by molar-refractivity contribution is 7.85. The van der Waals surface area contributed by atoms with Gasteiger partial charge in [0.15, 0.2) is 0 Å². The maximum absolute atomic E-state index is 10.1. The lowest BCUT2D eigenvalue weighted by Gasteiger charge is -2.24. The molecule has 0 rings (SSSR count). The zero-order chi connectivity index (χ0) is 17.1. The molecule has 0 fully saturated rings. The molecule has 0 aliphatic heterocycles. The molecule has 0 N–H and O–H groups in total. The average Bonchev–Trinajstić information content (AvgIpc) is 2.21. The predicted molar refractivity (Wildman–Crippen MR) is 97.0 cm³/mol. The van der Waals surface area contributed by atoms with E-state index in [1.807, 2.05) is 0 Å². The van der Waals surface area contributed by atoms with Crippen LogP contribution in [0.15, 0.2) is 0 Å². The van der Waals surface area contributed by atoms with Crippen molar-refractivity contribution in [2.24, 2.45) is 11.8 Å². The minimum absolute atomic E-state index is 0. The molecule has 0 spiro atoms. The number of quaternary nitrogens is 1. The minimum Gasteiger partial charge on any atom is -0.748 e. The Hall–Kier alpha value is -0.130. The number of unbranched alkanes of at least 4 members (excludes halogenated alkanes) is 1. The smallest absolute Gasteiger partial charge is 0.0945 e. The summed E-state index contributed by atoms with van der Waals surface area (Å²) in [6.07, 6.45) is 5.06. The standard InChI is InChI=1S/C9H22N.C7H16O3S.CH4/c1-9(2)7-6-8-10(3,4)5;1-7(2)5-3-4-6-11(8,9)10;/h9H,6-8H2,1-5H3;7H,3-6H2,1-2H3,(H,8,9,10);1H4/q+1;;/p-1. The third-order valence-corrected chi connectivity index (χ3v) is 3.82. The second-order valence-electron chi connectivity index (χ2n) is 7.70. The molecule has 0 aliphatic rings. The van der Waals surface area contributed by atoms with Crippen LogP contribution in [-0.4, -0.2) is 50.9 Å². The molecule has 22 heavy (non-hydrogen) atoms. The van der Waals surface area contributed by atoms with Crippen molar-refractivity contribution >= 4 is 10.1 Å². The number of nitrogens with zero attached hydrogens (tertiary/aromatic N) is 1. The molecule has 0 amide bonds. The summed E-state index contributed by atoms with van der Waals surface area (Å²) in [6, 6.07) is 0. The maximum atomic E-state index is 10.1. The highest BCUT2D eigenvalue weighted by Gasteiger charge is 2.05. The summed E-state index contributed by atoms with van der Waals surface area (Å²) in [5, 5.41) is 0. The zero-order valence-corrected chi connectivity index (χ0v) is 16.0. The Kier molecular flexibility index (Phi) is 16.2. The fourth-order valence-corrected chi connectivity index (χ4v) is 2.36. The van der Waals surface area contributed by atoms with E-state index in [1.165, 1.54) is 19.4 Å². The molecule has 0 bridgehead atoms. The van der Waals surface area contributed by atoms with Crippen molar-refractivity contribution in [3.8, 4) is 0 Å². The van der Waals surface area contributed by atoms with E-state index in [1.54, 1.807) is 0 Å². The van der Waals surface area contributed by atoms with Gasteiger partial charge in [-0.3, -0.25) is 0 Å². The van der Waals surface area contributed by atoms with E-state index in [9.17, 15) is 13.0 Å². The van der Waals surface area contributed by atoms with Crippen molar-refractivity contribution in [2.45, 2.75) is 67.2 Å². The third kappa shape index (κ3) is 32.0. The van der Waals surface area contributed by atoms with E-state index >= 15 is 0 Å². The van der Waals surface area contributed by atoms with Crippen LogP contribution in [0.1, 0.15) is 67.2 Å². The average molecular weight is 340 g/mol. The summed E-state index contributed by atoms with van der Waals surface area (Å²) in [4.78, 5) is 0. The maximum Gasteiger partial charge on any atom is 0.0945 e. The lowest BCUT2D eigenvalue weighted by atomic mass is 10.1. The van der Waals surface area contributed by atoms with Gasteiger partial charge in [-0.25, -0.2) is 8.42 Å². The Morgan fingerprint density at radius 2 is 1.27 bits per heavy atom. The lowest BCUT2D eigenvalue weighted by Crippen LogP contribution is -2.35. The number of hydrogen-bond donors (Lipinski definition) is 0. The molecule has 0 radical (unpaired) electrons. The molecular weight excluding hydrogens is 298 g/mol. The van der Waals surface area contributed by atoms with E-state index in [0.717, 1.165) is 23.2 Å². The summed E-state index contributed by atoms with van der Waals surface area (Å²) in [7, 11) is 2.78. The van der Waals surface area contributed by atoms with Crippen LogP contribution in [0.4, 0.5) is 0 Å². The van der Waals surface area contributed by atoms with Crippen molar-refractivity contribution in [2.75, 3.05) is 33.4 Å². The monoisotopic (exact) mass is 339 g/mol. The van der Waals surface area contributed by atoms with Crippen LogP contribution in [0.2, 0.25) is 0 Å². The van der Waals surface area contributed by atoms with E-state index in [-0.39, 0.29) is 13.2 Å². The van der Waals surface area contributed by atoms with Crippen LogP contribution in [0.5, 0.6) is 0 Å². The van der Waals surface area contributed by atoms with E-state index in [4.69, 9.17) is 0 Å². The van der Waals surface area contributed by atoms with E-state index in [2.05, 4.69) is 48.8 Å². The molecule has 138 valence electrons. The Balaban J connectivity index is -0.000000315. The topological polar surface area (TPSA) is 57.2 Å². The van der Waals surface area contributed by atoms with Gasteiger partial charge in [-0.1, -0.05) is 48.0 Å². The molecule has 0 aliphatic carbocycles. The van der Waals surface area contributed by atoms with E-state index in [0.29, 0.717) is 12.3 Å². The molecule has 0 aromatic rings. The number of hydrogen-bond acceptors (Lipinski definition) is 3. The van der Waals surface area contributed by atoms with Gasteiger partial charge in [-0.15, -0.1) is 0 Å². The summed E-state index contributed by atoms with van der Waals surface area (Å²) in [6.45, 7) is 10.0. The Bertz CT molecular complexity index is 330. The molecule has 0 saturated carbocycles. The largest absolute Gasteiger partial charge is 0.748 e. The van der Waals surface area contributed by atoms with Gasteiger partial charge in [0.2, 0.25) is 0 Å². The normalized spacial score (nSPS) is 11.9. The molecule has 4 nitrogen and oxygen atoms in total. The van der Waals surface area contributed by atoms with Crippen molar-refractivity contribution in [1.29, 1.82) is 0 Å². The first-order valence-corrected chi connectivity index (χ1v) is 9.65. The highest BCUT2D eigenvalue weighted by Crippen LogP contribution is 2.06. The van der Waals surface area contributed by atoms with Gasteiger partial charge in [0.1, 0.15) is 0 Å². The van der Waals surface area contributed by atoms with Gasteiger partial charge >= 0.3 is 0 Å². The summed E-state index contributed by atoms with van der Waals surface area (Å²) < 4.78 is 31.5. The molecule has 0 aromatic heterocycles. The Labute approximate surface area is 140 Å². The first-order chi connectivity index (χ1) is 9.33. The first kappa shape index (κ1) is 26.8. The quantitative estimate of drug-likeness (QED) is 0.361. The van der Waals surface area contributed by atoms with Gasteiger partial charge in [-0.05, 0) is 31.1 Å². The summed E-state index contributed by atoms with van der Waals surface area (Å²) in [5.74, 6) is 1.25. The van der Waals surface area contributed by atoms with Crippen molar-refractivity contribution in [3.63, 3.8) is 0 Å². The first-order valence-electron chi connectivity index (χ1n) is 8.07. The summed E-state index contributed by atoms with van der Waals surface area (Å²) in [5.41, 5.74) is 0. The SMILES string of the molecule is C.CC(C)CCCCS(=O)(=O)[O-].CC(C)CCC[N+](C)(C)C. The van der Waals surface area contributed by atoms with Crippen LogP contribution in [-0.2, 0) is 10.1 Å². The van der Waals surface area contributed by atoms with Crippen LogP contribution in [0.3, 0.4) is 0 Å². The minimum atomic E-state index is -3.97. The van der Waals surface area contributed by atoms with Crippen LogP contribution in [0, 0.1) is 11.8 Å². The van der Waals surface area contributed by atoms with Gasteiger partial charge in [-0.2, -0.15) is 0 Å². The van der Waals surface area contributed by atoms with Gasteiger partial charge in [0.05, 0.1) is 37.8 Å². The number of rotatable bonds is 9. The molecule has 0 unspecified atom stereocenters. The van der Waals surface area contributed by atoms with Gasteiger partial charge in [0, 0.05) is 5.75 Å².